The van der Waals surface area contributed by atoms with E-state index in [4.69, 9.17) is 0 Å². The summed E-state index contributed by atoms with van der Waals surface area (Å²) in [6.45, 7) is 6.10. The number of rotatable bonds is 2. The summed E-state index contributed by atoms with van der Waals surface area (Å²) in [7, 11) is 0. The molecule has 0 unspecified atom stereocenters. The van der Waals surface area contributed by atoms with Crippen LogP contribution in [0.4, 0.5) is 0 Å². The van der Waals surface area contributed by atoms with Crippen molar-refractivity contribution >= 4 is 0 Å². The van der Waals surface area contributed by atoms with Crippen LogP contribution in [0.5, 0.6) is 0 Å². The third-order valence-corrected chi connectivity index (χ3v) is 0.998. The van der Waals surface area contributed by atoms with Gasteiger partial charge in [-0.05, 0) is 31.9 Å². The molecule has 0 aliphatic rings. The number of hydrogen-bond acceptors (Lipinski definition) is 0. The molecule has 0 aliphatic heterocycles. The molecule has 0 bridgehead atoms. The maximum atomic E-state index is 3.03. The molecule has 0 heterocycles. The van der Waals surface area contributed by atoms with Gasteiger partial charge in [-0.2, -0.15) is 0 Å². The molecule has 0 amide bonds. The molecule has 0 rings (SSSR count). The molecule has 0 aromatic heterocycles. The zero-order valence-corrected chi connectivity index (χ0v) is 5.86. The summed E-state index contributed by atoms with van der Waals surface area (Å²) in [6, 6.07) is 0. The topological polar surface area (TPSA) is 0 Å². The maximum Gasteiger partial charge on any atom is -0.0376 e. The van der Waals surface area contributed by atoms with Gasteiger partial charge in [-0.15, -0.1) is 0 Å². The van der Waals surface area contributed by atoms with Crippen molar-refractivity contribution in [2.24, 2.45) is 0 Å². The molecule has 0 saturated heterocycles. The van der Waals surface area contributed by atoms with E-state index >= 15 is 0 Å². The van der Waals surface area contributed by atoms with Gasteiger partial charge in [0, 0.05) is 0 Å². The largest absolute Gasteiger partial charge is 0.0845 e. The first-order valence-corrected chi connectivity index (χ1v) is 2.99. The smallest absolute Gasteiger partial charge is 0.0376 e. The molecule has 0 aromatic rings. The van der Waals surface area contributed by atoms with E-state index in [0.29, 0.717) is 0 Å². The fourth-order valence-corrected chi connectivity index (χ4v) is 0.378. The van der Waals surface area contributed by atoms with Crippen LogP contribution in [0, 0.1) is 6.08 Å². The molecule has 0 N–H and O–H groups in total. The molecular formula is C8H13. The van der Waals surface area contributed by atoms with Crippen molar-refractivity contribution in [2.75, 3.05) is 0 Å². The lowest BCUT2D eigenvalue weighted by Gasteiger charge is -1.83. The van der Waals surface area contributed by atoms with E-state index in [-0.39, 0.29) is 0 Å². The van der Waals surface area contributed by atoms with E-state index in [0.717, 1.165) is 6.42 Å². The van der Waals surface area contributed by atoms with Crippen LogP contribution in [0.15, 0.2) is 17.7 Å². The van der Waals surface area contributed by atoms with Crippen LogP contribution >= 0.6 is 0 Å². The van der Waals surface area contributed by atoms with Crippen LogP contribution in [-0.4, -0.2) is 0 Å². The Labute approximate surface area is 51.9 Å². The molecule has 8 heavy (non-hydrogen) atoms. The van der Waals surface area contributed by atoms with Crippen molar-refractivity contribution < 1.29 is 0 Å². The predicted molar refractivity (Wildman–Crippen MR) is 37.5 cm³/mol. The van der Waals surface area contributed by atoms with Gasteiger partial charge in [0.05, 0.1) is 0 Å². The van der Waals surface area contributed by atoms with Gasteiger partial charge in [0.25, 0.3) is 0 Å². The Kier molecular flexibility index (Phi) is 4.33. The molecule has 0 spiro atoms. The zero-order chi connectivity index (χ0) is 6.41. The highest BCUT2D eigenvalue weighted by Gasteiger charge is 1.73. The van der Waals surface area contributed by atoms with Crippen molar-refractivity contribution in [2.45, 2.75) is 27.2 Å². The second-order valence-corrected chi connectivity index (χ2v) is 1.74. The highest BCUT2D eigenvalue weighted by atomic mass is 13.8. The van der Waals surface area contributed by atoms with Crippen LogP contribution < -0.4 is 0 Å². The lowest BCUT2D eigenvalue weighted by atomic mass is 10.2. The van der Waals surface area contributed by atoms with Crippen molar-refractivity contribution in [3.63, 3.8) is 0 Å². The minimum atomic E-state index is 1.11. The van der Waals surface area contributed by atoms with E-state index in [9.17, 15) is 0 Å². The summed E-state index contributed by atoms with van der Waals surface area (Å²) in [5, 5.41) is 0. The molecule has 45 valence electrons. The Morgan fingerprint density at radius 1 is 1.62 bits per heavy atom. The van der Waals surface area contributed by atoms with E-state index in [1.807, 2.05) is 13.8 Å². The minimum Gasteiger partial charge on any atom is -0.0845 e. The zero-order valence-electron chi connectivity index (χ0n) is 5.86. The van der Waals surface area contributed by atoms with Gasteiger partial charge >= 0.3 is 0 Å². The number of hydrogen-bond donors (Lipinski definition) is 0. The van der Waals surface area contributed by atoms with Crippen LogP contribution in [0.2, 0.25) is 0 Å². The van der Waals surface area contributed by atoms with Gasteiger partial charge in [0.15, 0.2) is 0 Å². The molecule has 0 nitrogen and oxygen atoms in total. The van der Waals surface area contributed by atoms with Crippen LogP contribution in [-0.2, 0) is 0 Å². The van der Waals surface area contributed by atoms with E-state index in [1.165, 1.54) is 5.57 Å². The number of allylic oxidation sites excluding steroid dienone is 4. The maximum absolute atomic E-state index is 3.03. The Morgan fingerprint density at radius 3 is 2.62 bits per heavy atom. The summed E-state index contributed by atoms with van der Waals surface area (Å²) in [4.78, 5) is 0. The second-order valence-electron chi connectivity index (χ2n) is 1.74. The van der Waals surface area contributed by atoms with E-state index in [1.54, 1.807) is 0 Å². The summed E-state index contributed by atoms with van der Waals surface area (Å²) in [5.41, 5.74) is 1.21. The second kappa shape index (κ2) is 4.63. The fraction of sp³-hybridized carbons (Fsp3) is 0.500. The first kappa shape index (κ1) is 7.48. The SMILES string of the molecule is C/[C]=C(C)\C=C\CC. The minimum absolute atomic E-state index is 1.11. The molecule has 1 radical (unpaired) electrons. The predicted octanol–water partition coefficient (Wildman–Crippen LogP) is 2.72. The monoisotopic (exact) mass is 109 g/mol. The summed E-state index contributed by atoms with van der Waals surface area (Å²) >= 11 is 0. The first-order chi connectivity index (χ1) is 3.81. The molecule has 0 saturated carbocycles. The summed E-state index contributed by atoms with van der Waals surface area (Å²) in [5.74, 6) is 0. The van der Waals surface area contributed by atoms with Gasteiger partial charge in [-0.3, -0.25) is 0 Å². The van der Waals surface area contributed by atoms with Gasteiger partial charge in [-0.1, -0.05) is 19.1 Å². The fourth-order valence-electron chi connectivity index (χ4n) is 0.378. The van der Waals surface area contributed by atoms with Crippen LogP contribution in [0.3, 0.4) is 0 Å². The normalized spacial score (nSPS) is 13.1. The van der Waals surface area contributed by atoms with Gasteiger partial charge in [0.2, 0.25) is 0 Å². The first-order valence-electron chi connectivity index (χ1n) is 2.99. The summed E-state index contributed by atoms with van der Waals surface area (Å²) < 4.78 is 0. The third kappa shape index (κ3) is 3.66. The Morgan fingerprint density at radius 2 is 2.25 bits per heavy atom. The van der Waals surface area contributed by atoms with Gasteiger partial charge < -0.3 is 0 Å². The molecule has 0 heteroatoms. The van der Waals surface area contributed by atoms with E-state index in [2.05, 4.69) is 25.2 Å². The lowest BCUT2D eigenvalue weighted by molar-refractivity contribution is 1.21. The Hall–Kier alpha value is -0.520. The highest BCUT2D eigenvalue weighted by Crippen LogP contribution is 1.92. The van der Waals surface area contributed by atoms with Gasteiger partial charge in [-0.25, -0.2) is 0 Å². The Balaban J connectivity index is 3.53. The van der Waals surface area contributed by atoms with Crippen molar-refractivity contribution in [3.8, 4) is 0 Å². The molecule has 0 atom stereocenters. The standard InChI is InChI=1S/C8H13/c1-4-6-7-8(3)5-2/h6-7H,4H2,1-3H3/b7-6+,8-5?. The van der Waals surface area contributed by atoms with Gasteiger partial charge in [0.1, 0.15) is 0 Å². The van der Waals surface area contributed by atoms with Crippen molar-refractivity contribution in [1.82, 2.24) is 0 Å². The summed E-state index contributed by atoms with van der Waals surface area (Å²) in [6.07, 6.45) is 8.35. The third-order valence-electron chi connectivity index (χ3n) is 0.998. The average Bonchev–Trinajstić information content (AvgIpc) is 1.83. The van der Waals surface area contributed by atoms with Crippen LogP contribution in [0.1, 0.15) is 27.2 Å². The molecule has 0 fully saturated rings. The molecule has 0 aromatic carbocycles. The highest BCUT2D eigenvalue weighted by molar-refractivity contribution is 5.11. The van der Waals surface area contributed by atoms with Crippen molar-refractivity contribution in [3.05, 3.63) is 23.8 Å². The molecule has 0 aliphatic carbocycles. The average molecular weight is 109 g/mol. The van der Waals surface area contributed by atoms with Crippen molar-refractivity contribution in [1.29, 1.82) is 0 Å². The van der Waals surface area contributed by atoms with E-state index < -0.39 is 0 Å². The molecular weight excluding hydrogens is 96.1 g/mol. The quantitative estimate of drug-likeness (QED) is 0.478. The Bertz CT molecular complexity index is 96.6. The van der Waals surface area contributed by atoms with Crippen LogP contribution in [0.25, 0.3) is 0 Å². The lowest BCUT2D eigenvalue weighted by Crippen LogP contribution is -1.63.